The molecule has 6 heteroatoms. The first-order chi connectivity index (χ1) is 22.2. The summed E-state index contributed by atoms with van der Waals surface area (Å²) in [6.07, 6.45) is 15.7. The zero-order chi connectivity index (χ0) is 32.4. The minimum atomic E-state index is -1.85. The molecule has 0 spiro atoms. The molecule has 4 unspecified atom stereocenters. The third-order valence-electron chi connectivity index (χ3n) is 12.4. The highest BCUT2D eigenvalue weighted by molar-refractivity contribution is 5.98. The third kappa shape index (κ3) is 5.98. The number of carbonyl (C=O) groups is 2. The number of nitrogens with one attached hydrogen (secondary N) is 1. The van der Waals surface area contributed by atoms with Gasteiger partial charge in [0, 0.05) is 11.8 Å². The number of hydrogen-bond acceptors (Lipinski definition) is 5. The normalized spacial score (nSPS) is 31.3. The van der Waals surface area contributed by atoms with Gasteiger partial charge in [-0.2, -0.15) is 5.10 Å². The summed E-state index contributed by atoms with van der Waals surface area (Å²) in [7, 11) is 0. The molecule has 6 rings (SSSR count). The van der Waals surface area contributed by atoms with E-state index < -0.39 is 11.5 Å². The van der Waals surface area contributed by atoms with Crippen molar-refractivity contribution in [2.24, 2.45) is 33.7 Å². The lowest BCUT2D eigenvalue weighted by Crippen LogP contribution is -2.51. The van der Waals surface area contributed by atoms with Gasteiger partial charge in [0.1, 0.15) is 6.10 Å². The van der Waals surface area contributed by atoms with E-state index in [2.05, 4.69) is 37.4 Å². The van der Waals surface area contributed by atoms with Crippen molar-refractivity contribution in [2.45, 2.75) is 116 Å². The Morgan fingerprint density at radius 3 is 2.26 bits per heavy atom. The fourth-order valence-electron chi connectivity index (χ4n) is 9.71. The lowest BCUT2D eigenvalue weighted by molar-refractivity contribution is -0.160. The smallest absolute Gasteiger partial charge is 0.306 e. The molecule has 0 aliphatic heterocycles. The van der Waals surface area contributed by atoms with Crippen molar-refractivity contribution >= 4 is 17.6 Å². The van der Waals surface area contributed by atoms with E-state index >= 15 is 0 Å². The fourth-order valence-corrected chi connectivity index (χ4v) is 9.71. The van der Waals surface area contributed by atoms with Gasteiger partial charge in [0.15, 0.2) is 5.60 Å². The van der Waals surface area contributed by atoms with E-state index in [1.54, 1.807) is 24.3 Å². The van der Waals surface area contributed by atoms with Crippen LogP contribution in [-0.4, -0.2) is 28.8 Å². The van der Waals surface area contributed by atoms with E-state index in [0.717, 1.165) is 63.5 Å². The summed E-state index contributed by atoms with van der Waals surface area (Å²) in [5, 5.41) is 16.4. The Labute approximate surface area is 275 Å². The number of hydrogen-bond donors (Lipinski definition) is 2. The summed E-state index contributed by atoms with van der Waals surface area (Å²) < 4.78 is 6.20. The molecule has 2 aromatic rings. The minimum Gasteiger partial charge on any atom is -0.462 e. The van der Waals surface area contributed by atoms with Gasteiger partial charge in [-0.05, 0) is 98.2 Å². The summed E-state index contributed by atoms with van der Waals surface area (Å²) >= 11 is 0. The molecular weight excluding hydrogens is 572 g/mol. The van der Waals surface area contributed by atoms with Crippen molar-refractivity contribution < 1.29 is 19.4 Å². The number of nitrogens with zero attached hydrogens (tertiary/aromatic N) is 1. The number of rotatable bonds is 10. The molecule has 4 aliphatic carbocycles. The number of aliphatic hydroxyl groups is 1. The topological polar surface area (TPSA) is 88.0 Å². The van der Waals surface area contributed by atoms with Gasteiger partial charge in [0.2, 0.25) is 0 Å². The first kappa shape index (κ1) is 32.7. The monoisotopic (exact) mass is 624 g/mol. The maximum absolute atomic E-state index is 13.6. The van der Waals surface area contributed by atoms with E-state index in [9.17, 15) is 14.7 Å². The van der Waals surface area contributed by atoms with E-state index in [1.165, 1.54) is 24.8 Å². The van der Waals surface area contributed by atoms with Crippen LogP contribution in [0.2, 0.25) is 0 Å². The number of esters is 1. The van der Waals surface area contributed by atoms with Crippen molar-refractivity contribution in [2.75, 3.05) is 0 Å². The molecule has 0 heterocycles. The standard InChI is InChI=1S/C40H52N2O4/c1-4-5-6-13-18-36(43)46-35-22-21-33-32-20-19-30-27-31(23-25-38(30,2)34(32)24-26-39(33,35)3)41-42-37(44)40(45,28-14-9-7-10-15-28)29-16-11-8-12-17-29/h7-12,14-17,27,32-35,45H,4-6,13,18-26H2,1-3H3,(H,42,44)/b41-31-/t32?,33?,34?,35?,38-,39-/m0/s1. The predicted molar refractivity (Wildman–Crippen MR) is 182 cm³/mol. The maximum Gasteiger partial charge on any atom is 0.306 e. The average Bonchev–Trinajstić information content (AvgIpc) is 3.41. The van der Waals surface area contributed by atoms with E-state index in [1.807, 2.05) is 36.4 Å². The molecule has 0 radical (unpaired) electrons. The molecule has 1 amide bonds. The number of unbranched alkanes of at least 4 members (excludes halogenated alkanes) is 3. The zero-order valence-corrected chi connectivity index (χ0v) is 28.0. The largest absolute Gasteiger partial charge is 0.462 e. The average molecular weight is 625 g/mol. The van der Waals surface area contributed by atoms with Crippen LogP contribution in [0.4, 0.5) is 0 Å². The molecule has 3 fully saturated rings. The molecule has 6 nitrogen and oxygen atoms in total. The Morgan fingerprint density at radius 1 is 0.891 bits per heavy atom. The van der Waals surface area contributed by atoms with Crippen LogP contribution < -0.4 is 5.43 Å². The van der Waals surface area contributed by atoms with Crippen LogP contribution in [0.1, 0.15) is 115 Å². The Balaban J connectivity index is 1.14. The number of ether oxygens (including phenoxy) is 1. The summed E-state index contributed by atoms with van der Waals surface area (Å²) in [6, 6.07) is 18.1. The molecule has 46 heavy (non-hydrogen) atoms. The summed E-state index contributed by atoms with van der Waals surface area (Å²) in [6.45, 7) is 7.06. The molecule has 0 saturated heterocycles. The second-order valence-electron chi connectivity index (χ2n) is 14.9. The molecule has 2 N–H and O–H groups in total. The highest BCUT2D eigenvalue weighted by Crippen LogP contribution is 2.65. The first-order valence-electron chi connectivity index (χ1n) is 17.8. The van der Waals surface area contributed by atoms with Gasteiger partial charge < -0.3 is 9.84 Å². The van der Waals surface area contributed by atoms with E-state index in [4.69, 9.17) is 4.74 Å². The van der Waals surface area contributed by atoms with Crippen molar-refractivity contribution in [3.8, 4) is 0 Å². The number of allylic oxidation sites excluding steroid dienone is 2. The van der Waals surface area contributed by atoms with Crippen LogP contribution in [0.3, 0.4) is 0 Å². The lowest BCUT2D eigenvalue weighted by atomic mass is 9.47. The highest BCUT2D eigenvalue weighted by Gasteiger charge is 2.60. The molecule has 2 aromatic carbocycles. The summed E-state index contributed by atoms with van der Waals surface area (Å²) in [4.78, 5) is 26.4. The molecule has 3 saturated carbocycles. The van der Waals surface area contributed by atoms with Gasteiger partial charge in [0.25, 0.3) is 5.91 Å². The third-order valence-corrected chi connectivity index (χ3v) is 12.4. The van der Waals surface area contributed by atoms with Gasteiger partial charge in [-0.15, -0.1) is 0 Å². The number of benzene rings is 2. The SMILES string of the molecule is CCCCCCC(=O)OC1CCC2C3CCC4=C/C(=N\NC(=O)C(O)(c5ccccc5)c5ccccc5)CC[C@]4(C)C3CC[C@]12C. The second-order valence-corrected chi connectivity index (χ2v) is 14.9. The van der Waals surface area contributed by atoms with Crippen LogP contribution in [0.5, 0.6) is 0 Å². The molecular formula is C40H52N2O4. The molecule has 6 atom stereocenters. The van der Waals surface area contributed by atoms with Crippen LogP contribution in [-0.2, 0) is 19.9 Å². The Bertz CT molecular complexity index is 1410. The Hall–Kier alpha value is -3.25. The van der Waals surface area contributed by atoms with Crippen molar-refractivity contribution in [3.63, 3.8) is 0 Å². The highest BCUT2D eigenvalue weighted by atomic mass is 16.5. The second kappa shape index (κ2) is 13.5. The van der Waals surface area contributed by atoms with Gasteiger partial charge >= 0.3 is 5.97 Å². The number of fused-ring (bicyclic) bond motifs is 5. The van der Waals surface area contributed by atoms with Crippen LogP contribution >= 0.6 is 0 Å². The predicted octanol–water partition coefficient (Wildman–Crippen LogP) is 8.24. The van der Waals surface area contributed by atoms with Gasteiger partial charge in [0.05, 0.1) is 5.71 Å². The molecule has 0 aromatic heterocycles. The zero-order valence-electron chi connectivity index (χ0n) is 28.0. The lowest BCUT2D eigenvalue weighted by Gasteiger charge is -2.58. The van der Waals surface area contributed by atoms with Crippen molar-refractivity contribution in [1.29, 1.82) is 0 Å². The van der Waals surface area contributed by atoms with Gasteiger partial charge in [-0.25, -0.2) is 5.43 Å². The van der Waals surface area contributed by atoms with E-state index in [0.29, 0.717) is 35.3 Å². The fraction of sp³-hybridized carbons (Fsp3) is 0.575. The minimum absolute atomic E-state index is 0.00286. The van der Waals surface area contributed by atoms with Gasteiger partial charge in [-0.3, -0.25) is 9.59 Å². The van der Waals surface area contributed by atoms with Crippen LogP contribution in [0.25, 0.3) is 0 Å². The Morgan fingerprint density at radius 2 is 1.59 bits per heavy atom. The number of amides is 1. The Kier molecular flexibility index (Phi) is 9.57. The van der Waals surface area contributed by atoms with Crippen molar-refractivity contribution in [3.05, 3.63) is 83.4 Å². The number of carbonyl (C=O) groups excluding carboxylic acids is 2. The molecule has 246 valence electrons. The quantitative estimate of drug-likeness (QED) is 0.158. The van der Waals surface area contributed by atoms with E-state index in [-0.39, 0.29) is 22.9 Å². The molecule has 4 aliphatic rings. The first-order valence-corrected chi connectivity index (χ1v) is 17.8. The van der Waals surface area contributed by atoms with Gasteiger partial charge in [-0.1, -0.05) is 106 Å². The van der Waals surface area contributed by atoms with Crippen LogP contribution in [0, 0.1) is 28.6 Å². The van der Waals surface area contributed by atoms with Crippen LogP contribution in [0.15, 0.2) is 77.4 Å². The number of hydrazone groups is 1. The maximum atomic E-state index is 13.6. The summed E-state index contributed by atoms with van der Waals surface area (Å²) in [5.41, 5.74) is 4.43. The van der Waals surface area contributed by atoms with Crippen molar-refractivity contribution in [1.82, 2.24) is 5.43 Å². The molecule has 0 bridgehead atoms. The summed E-state index contributed by atoms with van der Waals surface area (Å²) in [5.74, 6) is 1.32.